The monoisotopic (exact) mass is 295 g/mol. The zero-order valence-corrected chi connectivity index (χ0v) is 13.5. The lowest BCUT2D eigenvalue weighted by atomic mass is 10.4. The number of anilines is 2. The molecule has 1 aromatic heterocycles. The lowest BCUT2D eigenvalue weighted by Crippen LogP contribution is -2.37. The predicted molar refractivity (Wildman–Crippen MR) is 83.5 cm³/mol. The zero-order chi connectivity index (χ0) is 15.8. The van der Waals surface area contributed by atoms with E-state index in [1.165, 1.54) is 0 Å². The molecule has 0 fully saturated rings. The van der Waals surface area contributed by atoms with Gasteiger partial charge in [0.25, 0.3) is 0 Å². The highest BCUT2D eigenvalue weighted by Crippen LogP contribution is 2.16. The van der Waals surface area contributed by atoms with Crippen molar-refractivity contribution in [1.82, 2.24) is 14.9 Å². The van der Waals surface area contributed by atoms with Gasteiger partial charge in [-0.2, -0.15) is 0 Å². The van der Waals surface area contributed by atoms with Crippen LogP contribution in [0.2, 0.25) is 0 Å². The van der Waals surface area contributed by atoms with Gasteiger partial charge in [0, 0.05) is 40.4 Å². The molecule has 0 aliphatic heterocycles. The van der Waals surface area contributed by atoms with Crippen molar-refractivity contribution in [3.63, 3.8) is 0 Å². The van der Waals surface area contributed by atoms with E-state index in [9.17, 15) is 4.79 Å². The average Bonchev–Trinajstić information content (AvgIpc) is 2.44. The third kappa shape index (κ3) is 5.18. The molecule has 7 heteroatoms. The summed E-state index contributed by atoms with van der Waals surface area (Å²) in [7, 11) is 5.10. The fraction of sp³-hybridized carbons (Fsp3) is 0.643. The van der Waals surface area contributed by atoms with E-state index in [0.29, 0.717) is 25.5 Å². The molecule has 0 saturated carbocycles. The summed E-state index contributed by atoms with van der Waals surface area (Å²) in [5.41, 5.74) is 0. The van der Waals surface area contributed by atoms with E-state index in [0.717, 1.165) is 18.2 Å². The van der Waals surface area contributed by atoms with Gasteiger partial charge in [-0.1, -0.05) is 0 Å². The molecule has 7 nitrogen and oxygen atoms in total. The van der Waals surface area contributed by atoms with Crippen LogP contribution >= 0.6 is 0 Å². The minimum absolute atomic E-state index is 0.0359. The highest BCUT2D eigenvalue weighted by Gasteiger charge is 2.15. The van der Waals surface area contributed by atoms with Crippen LogP contribution in [0.4, 0.5) is 11.6 Å². The number of hydrogen-bond donors (Lipinski definition) is 1. The van der Waals surface area contributed by atoms with Crippen molar-refractivity contribution in [2.24, 2.45) is 0 Å². The highest BCUT2D eigenvalue weighted by atomic mass is 16.5. The molecule has 21 heavy (non-hydrogen) atoms. The SMILES string of the molecule is CCNc1cc(N(CC)CC(=O)N(C)C)nc(COC)n1. The summed E-state index contributed by atoms with van der Waals surface area (Å²) in [6, 6.07) is 1.86. The first kappa shape index (κ1) is 17.2. The quantitative estimate of drug-likeness (QED) is 0.770. The Labute approximate surface area is 126 Å². The molecule has 0 bridgehead atoms. The number of hydrogen-bond acceptors (Lipinski definition) is 6. The summed E-state index contributed by atoms with van der Waals surface area (Å²) in [6.45, 7) is 6.09. The Morgan fingerprint density at radius 3 is 2.57 bits per heavy atom. The molecule has 0 unspecified atom stereocenters. The molecular formula is C14H25N5O2. The summed E-state index contributed by atoms with van der Waals surface area (Å²) in [5.74, 6) is 2.10. The summed E-state index contributed by atoms with van der Waals surface area (Å²) in [6.07, 6.45) is 0. The first-order valence-corrected chi connectivity index (χ1v) is 7.07. The van der Waals surface area contributed by atoms with E-state index in [1.807, 2.05) is 24.8 Å². The van der Waals surface area contributed by atoms with Gasteiger partial charge in [-0.15, -0.1) is 0 Å². The number of aromatic nitrogens is 2. The van der Waals surface area contributed by atoms with E-state index in [-0.39, 0.29) is 5.91 Å². The third-order valence-electron chi connectivity index (χ3n) is 2.92. The summed E-state index contributed by atoms with van der Waals surface area (Å²) in [5, 5.41) is 3.17. The number of rotatable bonds is 8. The second kappa shape index (κ2) is 8.41. The average molecular weight is 295 g/mol. The number of amides is 1. The highest BCUT2D eigenvalue weighted by molar-refractivity contribution is 5.80. The normalized spacial score (nSPS) is 10.3. The van der Waals surface area contributed by atoms with Crippen LogP contribution in [-0.4, -0.2) is 61.6 Å². The number of carbonyl (C=O) groups excluding carboxylic acids is 1. The standard InChI is InChI=1S/C14H25N5O2/c1-6-15-11-8-13(17-12(16-11)10-21-5)19(7-2)9-14(20)18(3)4/h8H,6-7,9-10H2,1-5H3,(H,15,16,17). The fourth-order valence-corrected chi connectivity index (χ4v) is 1.77. The Kier molecular flexibility index (Phi) is 6.87. The summed E-state index contributed by atoms with van der Waals surface area (Å²) >= 11 is 0. The van der Waals surface area contributed by atoms with Gasteiger partial charge in [0.2, 0.25) is 5.91 Å². The first-order valence-electron chi connectivity index (χ1n) is 7.07. The summed E-state index contributed by atoms with van der Waals surface area (Å²) in [4.78, 5) is 24.2. The van der Waals surface area contributed by atoms with Crippen LogP contribution in [-0.2, 0) is 16.1 Å². The van der Waals surface area contributed by atoms with Crippen LogP contribution in [0, 0.1) is 0 Å². The number of nitrogens with zero attached hydrogens (tertiary/aromatic N) is 4. The molecule has 0 aliphatic rings. The molecule has 0 radical (unpaired) electrons. The van der Waals surface area contributed by atoms with Gasteiger partial charge in [0.1, 0.15) is 18.2 Å². The maximum Gasteiger partial charge on any atom is 0.241 e. The summed E-state index contributed by atoms with van der Waals surface area (Å²) < 4.78 is 5.10. The van der Waals surface area contributed by atoms with E-state index < -0.39 is 0 Å². The molecule has 0 aromatic carbocycles. The van der Waals surface area contributed by atoms with Crippen molar-refractivity contribution >= 4 is 17.5 Å². The molecule has 0 aliphatic carbocycles. The second-order valence-corrected chi connectivity index (χ2v) is 4.79. The van der Waals surface area contributed by atoms with Crippen molar-refractivity contribution in [3.8, 4) is 0 Å². The van der Waals surface area contributed by atoms with Crippen LogP contribution in [0.15, 0.2) is 6.07 Å². The molecule has 1 amide bonds. The Bertz CT molecular complexity index is 440. The van der Waals surface area contributed by atoms with Crippen molar-refractivity contribution < 1.29 is 9.53 Å². The number of likely N-dealkylation sites (N-methyl/N-ethyl adjacent to an activating group) is 2. The molecule has 0 saturated heterocycles. The molecule has 118 valence electrons. The largest absolute Gasteiger partial charge is 0.377 e. The van der Waals surface area contributed by atoms with Gasteiger partial charge in [-0.05, 0) is 13.8 Å². The maximum absolute atomic E-state index is 11.9. The fourth-order valence-electron chi connectivity index (χ4n) is 1.77. The van der Waals surface area contributed by atoms with Crippen LogP contribution < -0.4 is 10.2 Å². The van der Waals surface area contributed by atoms with Gasteiger partial charge in [0.05, 0.1) is 6.54 Å². The van der Waals surface area contributed by atoms with Crippen LogP contribution in [0.1, 0.15) is 19.7 Å². The Balaban J connectivity index is 3.03. The molecule has 1 heterocycles. The number of nitrogens with one attached hydrogen (secondary N) is 1. The molecular weight excluding hydrogens is 270 g/mol. The molecule has 1 N–H and O–H groups in total. The lowest BCUT2D eigenvalue weighted by molar-refractivity contribution is -0.127. The van der Waals surface area contributed by atoms with Crippen LogP contribution in [0.25, 0.3) is 0 Å². The first-order chi connectivity index (χ1) is 10.0. The lowest BCUT2D eigenvalue weighted by Gasteiger charge is -2.24. The predicted octanol–water partition coefficient (Wildman–Crippen LogP) is 0.969. The Morgan fingerprint density at radius 2 is 2.05 bits per heavy atom. The topological polar surface area (TPSA) is 70.6 Å². The van der Waals surface area contributed by atoms with E-state index in [1.54, 1.807) is 26.1 Å². The van der Waals surface area contributed by atoms with Gasteiger partial charge in [-0.25, -0.2) is 9.97 Å². The van der Waals surface area contributed by atoms with E-state index >= 15 is 0 Å². The van der Waals surface area contributed by atoms with E-state index in [4.69, 9.17) is 4.74 Å². The Morgan fingerprint density at radius 1 is 1.33 bits per heavy atom. The minimum Gasteiger partial charge on any atom is -0.377 e. The molecule has 0 spiro atoms. The smallest absolute Gasteiger partial charge is 0.241 e. The number of ether oxygens (including phenoxy) is 1. The molecule has 1 aromatic rings. The van der Waals surface area contributed by atoms with Gasteiger partial charge < -0.3 is 19.9 Å². The van der Waals surface area contributed by atoms with Gasteiger partial charge in [0.15, 0.2) is 5.82 Å². The zero-order valence-electron chi connectivity index (χ0n) is 13.5. The van der Waals surface area contributed by atoms with Crippen molar-refractivity contribution in [1.29, 1.82) is 0 Å². The van der Waals surface area contributed by atoms with Gasteiger partial charge in [-0.3, -0.25) is 4.79 Å². The minimum atomic E-state index is 0.0359. The number of methoxy groups -OCH3 is 1. The maximum atomic E-state index is 11.9. The second-order valence-electron chi connectivity index (χ2n) is 4.79. The van der Waals surface area contributed by atoms with Crippen molar-refractivity contribution in [3.05, 3.63) is 11.9 Å². The van der Waals surface area contributed by atoms with Gasteiger partial charge >= 0.3 is 0 Å². The molecule has 1 rings (SSSR count). The third-order valence-corrected chi connectivity index (χ3v) is 2.92. The Hall–Kier alpha value is -1.89. The van der Waals surface area contributed by atoms with Crippen molar-refractivity contribution in [2.75, 3.05) is 51.1 Å². The molecule has 0 atom stereocenters. The van der Waals surface area contributed by atoms with Crippen LogP contribution in [0.3, 0.4) is 0 Å². The van der Waals surface area contributed by atoms with Crippen LogP contribution in [0.5, 0.6) is 0 Å². The number of carbonyl (C=O) groups is 1. The van der Waals surface area contributed by atoms with E-state index in [2.05, 4.69) is 15.3 Å². The van der Waals surface area contributed by atoms with Crippen molar-refractivity contribution in [2.45, 2.75) is 20.5 Å².